The number of aliphatic hydroxyl groups is 1. The number of rotatable bonds is 3. The van der Waals surface area contributed by atoms with Crippen molar-refractivity contribution in [1.82, 2.24) is 0 Å². The summed E-state index contributed by atoms with van der Waals surface area (Å²) < 4.78 is 5.71. The van der Waals surface area contributed by atoms with Crippen LogP contribution in [0.5, 0.6) is 0 Å². The molecule has 0 aromatic heterocycles. The van der Waals surface area contributed by atoms with Crippen molar-refractivity contribution >= 4 is 17.5 Å². The van der Waals surface area contributed by atoms with Crippen LogP contribution < -0.4 is 0 Å². The van der Waals surface area contributed by atoms with Crippen LogP contribution in [0.1, 0.15) is 72.1 Å². The number of hydrogen-bond acceptors (Lipinski definition) is 5. The van der Waals surface area contributed by atoms with Crippen LogP contribution in [-0.4, -0.2) is 34.9 Å². The van der Waals surface area contributed by atoms with Gasteiger partial charge in [-0.2, -0.15) is 0 Å². The Hall–Kier alpha value is -1.49. The zero-order chi connectivity index (χ0) is 20.3. The van der Waals surface area contributed by atoms with Crippen LogP contribution >= 0.6 is 0 Å². The summed E-state index contributed by atoms with van der Waals surface area (Å²) in [6.07, 6.45) is 8.74. The third kappa shape index (κ3) is 2.51. The molecule has 1 N–H and O–H groups in total. The van der Waals surface area contributed by atoms with Gasteiger partial charge in [-0.05, 0) is 81.1 Å². The molecule has 28 heavy (non-hydrogen) atoms. The number of aliphatic hydroxyl groups excluding tert-OH is 1. The first-order valence-corrected chi connectivity index (χ1v) is 10.8. The van der Waals surface area contributed by atoms with E-state index in [0.717, 1.165) is 38.5 Å². The number of ketones is 2. The highest BCUT2D eigenvalue weighted by atomic mass is 16.6. The molecule has 0 radical (unpaired) electrons. The molecule has 3 saturated carbocycles. The Balaban J connectivity index is 1.69. The second-order valence-corrected chi connectivity index (χ2v) is 9.98. The van der Waals surface area contributed by atoms with Gasteiger partial charge in [-0.3, -0.25) is 9.59 Å². The Morgan fingerprint density at radius 2 is 1.82 bits per heavy atom. The molecular weight excluding hydrogens is 356 g/mol. The average Bonchev–Trinajstić information content (AvgIpc) is 2.95. The Bertz CT molecular complexity index is 754. The molecule has 0 heterocycles. The van der Waals surface area contributed by atoms with Crippen molar-refractivity contribution in [1.29, 1.82) is 0 Å². The largest absolute Gasteiger partial charge is 0.449 e. The lowest BCUT2D eigenvalue weighted by Gasteiger charge is -2.59. The monoisotopic (exact) mass is 388 g/mol. The number of fused-ring (bicyclic) bond motifs is 5. The van der Waals surface area contributed by atoms with Crippen molar-refractivity contribution in [3.05, 3.63) is 11.6 Å². The zero-order valence-electron chi connectivity index (χ0n) is 17.3. The Morgan fingerprint density at radius 1 is 1.11 bits per heavy atom. The molecule has 4 rings (SSSR count). The van der Waals surface area contributed by atoms with E-state index < -0.39 is 18.2 Å². The molecular formula is C23H32O5. The van der Waals surface area contributed by atoms with E-state index in [1.807, 2.05) is 6.08 Å². The molecule has 4 aliphatic carbocycles. The summed E-state index contributed by atoms with van der Waals surface area (Å²) in [6, 6.07) is 0. The van der Waals surface area contributed by atoms with E-state index in [1.165, 1.54) is 12.5 Å². The van der Waals surface area contributed by atoms with Gasteiger partial charge >= 0.3 is 5.97 Å². The van der Waals surface area contributed by atoms with Gasteiger partial charge in [0.1, 0.15) is 6.61 Å². The van der Waals surface area contributed by atoms with E-state index in [0.29, 0.717) is 30.6 Å². The van der Waals surface area contributed by atoms with Gasteiger partial charge < -0.3 is 9.84 Å². The highest BCUT2D eigenvalue weighted by Gasteiger charge is 2.67. The molecule has 0 bridgehead atoms. The second-order valence-electron chi connectivity index (χ2n) is 9.98. The first-order chi connectivity index (χ1) is 13.2. The van der Waals surface area contributed by atoms with Crippen molar-refractivity contribution in [2.75, 3.05) is 6.61 Å². The van der Waals surface area contributed by atoms with Gasteiger partial charge in [-0.25, -0.2) is 4.79 Å². The molecule has 0 amide bonds. The smallest absolute Gasteiger partial charge is 0.332 e. The van der Waals surface area contributed by atoms with Crippen molar-refractivity contribution in [2.45, 2.75) is 77.7 Å². The number of ether oxygens (including phenoxy) is 1. The molecule has 6 atom stereocenters. The molecule has 0 spiro atoms. The van der Waals surface area contributed by atoms with E-state index in [-0.39, 0.29) is 22.4 Å². The van der Waals surface area contributed by atoms with Crippen molar-refractivity contribution in [3.8, 4) is 0 Å². The van der Waals surface area contributed by atoms with E-state index in [1.54, 1.807) is 0 Å². The normalized spacial score (nSPS) is 44.8. The molecule has 0 aromatic carbocycles. The quantitative estimate of drug-likeness (QED) is 0.750. The molecule has 154 valence electrons. The zero-order valence-corrected chi connectivity index (χ0v) is 17.3. The van der Waals surface area contributed by atoms with Gasteiger partial charge in [-0.15, -0.1) is 0 Å². The van der Waals surface area contributed by atoms with Crippen LogP contribution in [0, 0.1) is 28.6 Å². The molecule has 0 unspecified atom stereocenters. The minimum absolute atomic E-state index is 0.0847. The highest BCUT2D eigenvalue weighted by molar-refractivity contribution is 5.91. The topological polar surface area (TPSA) is 80.7 Å². The van der Waals surface area contributed by atoms with Gasteiger partial charge in [0.25, 0.3) is 0 Å². The number of allylic oxidation sites excluding steroid dienone is 1. The fourth-order valence-corrected chi connectivity index (χ4v) is 7.60. The maximum Gasteiger partial charge on any atom is 0.332 e. The summed E-state index contributed by atoms with van der Waals surface area (Å²) in [4.78, 5) is 36.7. The number of Topliss-reactive ketones (excluding diaryl/α,β-unsaturated/α-hetero) is 1. The predicted molar refractivity (Wildman–Crippen MR) is 103 cm³/mol. The van der Waals surface area contributed by atoms with Gasteiger partial charge in [-0.1, -0.05) is 19.4 Å². The summed E-state index contributed by atoms with van der Waals surface area (Å²) in [7, 11) is 0. The number of carbonyl (C=O) groups is 3. The van der Waals surface area contributed by atoms with Crippen molar-refractivity contribution < 1.29 is 24.2 Å². The lowest BCUT2D eigenvalue weighted by molar-refractivity contribution is -0.191. The van der Waals surface area contributed by atoms with Gasteiger partial charge in [0.15, 0.2) is 17.2 Å². The van der Waals surface area contributed by atoms with Crippen LogP contribution in [0.3, 0.4) is 0 Å². The summed E-state index contributed by atoms with van der Waals surface area (Å²) in [6.45, 7) is 5.30. The van der Waals surface area contributed by atoms with Crippen LogP contribution in [-0.2, 0) is 19.1 Å². The van der Waals surface area contributed by atoms with Crippen LogP contribution in [0.4, 0.5) is 0 Å². The molecule has 0 aliphatic heterocycles. The lowest BCUT2D eigenvalue weighted by atomic mass is 9.46. The third-order valence-electron chi connectivity index (χ3n) is 9.07. The summed E-state index contributed by atoms with van der Waals surface area (Å²) in [5.41, 5.74) is -0.0767. The van der Waals surface area contributed by atoms with E-state index in [9.17, 15) is 19.5 Å². The standard InChI is InChI=1S/C23H32O5/c1-14(25)23(28-20(27)13-24)11-8-19-17-5-4-15-12-16(26)6-9-21(15,2)18(17)7-10-22(19,23)3/h12,17-19,24H,4-11,13H2,1-3H3/t17-,18+,19+,21+,22+,23+/m1/s1. The molecule has 5 nitrogen and oxygen atoms in total. The Labute approximate surface area is 166 Å². The first-order valence-electron chi connectivity index (χ1n) is 10.8. The SMILES string of the molecule is CC(=O)[C@@]1(OC(=O)CO)CC[C@H]2[C@@H]3CCC4=CC(=O)CC[C@]4(C)[C@H]3CC[C@@]21C. The number of hydrogen-bond donors (Lipinski definition) is 1. The van der Waals surface area contributed by atoms with Crippen LogP contribution in [0.15, 0.2) is 11.6 Å². The highest BCUT2D eigenvalue weighted by Crippen LogP contribution is 2.68. The van der Waals surface area contributed by atoms with E-state index in [4.69, 9.17) is 4.74 Å². The fourth-order valence-electron chi connectivity index (χ4n) is 7.60. The van der Waals surface area contributed by atoms with Crippen LogP contribution in [0.25, 0.3) is 0 Å². The maximum atomic E-state index is 12.8. The average molecular weight is 389 g/mol. The summed E-state index contributed by atoms with van der Waals surface area (Å²) in [5.74, 6) is 0.809. The Morgan fingerprint density at radius 3 is 2.50 bits per heavy atom. The van der Waals surface area contributed by atoms with Crippen molar-refractivity contribution in [3.63, 3.8) is 0 Å². The maximum absolute atomic E-state index is 12.8. The minimum Gasteiger partial charge on any atom is -0.449 e. The summed E-state index contributed by atoms with van der Waals surface area (Å²) >= 11 is 0. The second kappa shape index (κ2) is 6.51. The van der Waals surface area contributed by atoms with Crippen molar-refractivity contribution in [2.24, 2.45) is 28.6 Å². The Kier molecular flexibility index (Phi) is 4.61. The predicted octanol–water partition coefficient (Wildman–Crippen LogP) is 3.38. The number of carbonyl (C=O) groups excluding carboxylic acids is 3. The van der Waals surface area contributed by atoms with E-state index in [2.05, 4.69) is 13.8 Å². The molecule has 0 saturated heterocycles. The van der Waals surface area contributed by atoms with Gasteiger partial charge in [0.2, 0.25) is 0 Å². The fraction of sp³-hybridized carbons (Fsp3) is 0.783. The minimum atomic E-state index is -1.11. The van der Waals surface area contributed by atoms with E-state index >= 15 is 0 Å². The third-order valence-corrected chi connectivity index (χ3v) is 9.07. The number of esters is 1. The van der Waals surface area contributed by atoms with Crippen LogP contribution in [0.2, 0.25) is 0 Å². The molecule has 3 fully saturated rings. The van der Waals surface area contributed by atoms with Gasteiger partial charge in [0.05, 0.1) is 0 Å². The first kappa shape index (κ1) is 19.8. The summed E-state index contributed by atoms with van der Waals surface area (Å²) in [5, 5.41) is 9.22. The molecule has 4 aliphatic rings. The molecule has 5 heteroatoms. The molecule has 0 aromatic rings. The lowest BCUT2D eigenvalue weighted by Crippen LogP contribution is -2.58. The van der Waals surface area contributed by atoms with Gasteiger partial charge in [0, 0.05) is 11.8 Å².